The fourth-order valence-electron chi connectivity index (χ4n) is 2.55. The van der Waals surface area contributed by atoms with Crippen molar-refractivity contribution >= 4 is 33.1 Å². The van der Waals surface area contributed by atoms with Crippen LogP contribution in [-0.2, 0) is 21.2 Å². The summed E-state index contributed by atoms with van der Waals surface area (Å²) in [6.45, 7) is 1.53. The third kappa shape index (κ3) is 4.01. The summed E-state index contributed by atoms with van der Waals surface area (Å²) in [5.74, 6) is -0.809. The van der Waals surface area contributed by atoms with E-state index in [4.69, 9.17) is 16.3 Å². The molecule has 140 valence electrons. The van der Waals surface area contributed by atoms with Crippen LogP contribution >= 0.6 is 11.6 Å². The number of carbonyl (C=O) groups is 1. The molecule has 0 aliphatic rings. The van der Waals surface area contributed by atoms with Gasteiger partial charge in [-0.1, -0.05) is 17.7 Å². The van der Waals surface area contributed by atoms with E-state index in [9.17, 15) is 18.0 Å². The van der Waals surface area contributed by atoms with Crippen molar-refractivity contribution in [3.63, 3.8) is 0 Å². The number of rotatable bonds is 4. The van der Waals surface area contributed by atoms with Gasteiger partial charge in [-0.15, -0.1) is 0 Å². The van der Waals surface area contributed by atoms with E-state index in [2.05, 4.69) is 4.98 Å². The molecule has 0 spiro atoms. The fourth-order valence-corrected chi connectivity index (χ4v) is 3.39. The van der Waals surface area contributed by atoms with Gasteiger partial charge >= 0.3 is 5.97 Å². The van der Waals surface area contributed by atoms with E-state index in [0.717, 1.165) is 18.0 Å². The topological polar surface area (TPSA) is 94.8 Å². The maximum Gasteiger partial charge on any atom is 0.340 e. The Hall–Kier alpha value is -2.71. The van der Waals surface area contributed by atoms with E-state index in [-0.39, 0.29) is 33.3 Å². The maximum absolute atomic E-state index is 12.3. The molecule has 0 N–H and O–H groups in total. The molecule has 0 fully saturated rings. The first kappa shape index (κ1) is 19.1. The Bertz CT molecular complexity index is 1220. The predicted octanol–water partition coefficient (Wildman–Crippen LogP) is 2.42. The third-order valence-corrected chi connectivity index (χ3v) is 5.31. The molecule has 0 aliphatic carbocycles. The molecule has 0 atom stereocenters. The molecule has 27 heavy (non-hydrogen) atoms. The third-order valence-electron chi connectivity index (χ3n) is 3.87. The van der Waals surface area contributed by atoms with Gasteiger partial charge in [-0.2, -0.15) is 0 Å². The summed E-state index contributed by atoms with van der Waals surface area (Å²) < 4.78 is 29.9. The lowest BCUT2D eigenvalue weighted by molar-refractivity contribution is 0.0467. The number of hydrogen-bond acceptors (Lipinski definition) is 6. The van der Waals surface area contributed by atoms with Crippen molar-refractivity contribution in [2.24, 2.45) is 0 Å². The van der Waals surface area contributed by atoms with Gasteiger partial charge in [-0.3, -0.25) is 9.20 Å². The number of aromatic nitrogens is 2. The molecule has 0 unspecified atom stereocenters. The zero-order valence-electron chi connectivity index (χ0n) is 14.5. The summed E-state index contributed by atoms with van der Waals surface area (Å²) >= 11 is 5.98. The number of carbonyl (C=O) groups excluding carboxylic acids is 1. The fraction of sp³-hybridized carbons (Fsp3) is 0.167. The van der Waals surface area contributed by atoms with Crippen LogP contribution < -0.4 is 5.56 Å². The summed E-state index contributed by atoms with van der Waals surface area (Å²) in [6.07, 6.45) is 1.03. The van der Waals surface area contributed by atoms with Crippen LogP contribution in [0.2, 0.25) is 5.02 Å². The zero-order chi connectivity index (χ0) is 19.8. The van der Waals surface area contributed by atoms with E-state index in [1.54, 1.807) is 25.1 Å². The second kappa shape index (κ2) is 7.13. The molecule has 2 heterocycles. The number of sulfone groups is 1. The minimum atomic E-state index is -3.50. The second-order valence-electron chi connectivity index (χ2n) is 5.94. The first-order chi connectivity index (χ1) is 12.7. The highest BCUT2D eigenvalue weighted by Crippen LogP contribution is 2.21. The molecule has 3 rings (SSSR count). The molecular weight excluding hydrogens is 392 g/mol. The van der Waals surface area contributed by atoms with Crippen LogP contribution in [0.5, 0.6) is 0 Å². The Morgan fingerprint density at radius 1 is 1.22 bits per heavy atom. The highest BCUT2D eigenvalue weighted by Gasteiger charge is 2.17. The van der Waals surface area contributed by atoms with Gasteiger partial charge in [0.05, 0.1) is 21.2 Å². The van der Waals surface area contributed by atoms with Gasteiger partial charge in [-0.25, -0.2) is 18.2 Å². The molecule has 7 nitrogen and oxygen atoms in total. The molecule has 3 aromatic rings. The van der Waals surface area contributed by atoms with Gasteiger partial charge in [-0.05, 0) is 37.3 Å². The van der Waals surface area contributed by atoms with Gasteiger partial charge in [0.15, 0.2) is 9.84 Å². The smallest absolute Gasteiger partial charge is 0.340 e. The van der Waals surface area contributed by atoms with Crippen molar-refractivity contribution in [2.45, 2.75) is 18.4 Å². The van der Waals surface area contributed by atoms with Crippen LogP contribution in [0.1, 0.15) is 21.7 Å². The van der Waals surface area contributed by atoms with Crippen LogP contribution in [0.4, 0.5) is 0 Å². The number of aryl methyl sites for hydroxylation is 1. The van der Waals surface area contributed by atoms with Crippen LogP contribution in [0.3, 0.4) is 0 Å². The van der Waals surface area contributed by atoms with E-state index >= 15 is 0 Å². The minimum Gasteiger partial charge on any atom is -0.456 e. The SMILES string of the molecule is Cc1cccc2nc(COC(=O)c3cc(S(C)(=O)=O)ccc3Cl)cc(=O)n12. The van der Waals surface area contributed by atoms with Crippen LogP contribution in [0.25, 0.3) is 5.65 Å². The predicted molar refractivity (Wildman–Crippen MR) is 99.9 cm³/mol. The summed E-state index contributed by atoms with van der Waals surface area (Å²) in [4.78, 5) is 28.8. The summed E-state index contributed by atoms with van der Waals surface area (Å²) in [7, 11) is -3.50. The Labute approximate surface area is 160 Å². The molecule has 0 saturated heterocycles. The van der Waals surface area contributed by atoms with E-state index in [1.807, 2.05) is 0 Å². The minimum absolute atomic E-state index is 0.0450. The summed E-state index contributed by atoms with van der Waals surface area (Å²) in [5.41, 5.74) is 1.08. The summed E-state index contributed by atoms with van der Waals surface area (Å²) in [5, 5.41) is 0.0644. The lowest BCUT2D eigenvalue weighted by Gasteiger charge is -2.09. The number of fused-ring (bicyclic) bond motifs is 1. The zero-order valence-corrected chi connectivity index (χ0v) is 16.0. The Morgan fingerprint density at radius 2 is 1.96 bits per heavy atom. The monoisotopic (exact) mass is 406 g/mol. The molecule has 0 amide bonds. The highest BCUT2D eigenvalue weighted by molar-refractivity contribution is 7.90. The number of nitrogens with zero attached hydrogens (tertiary/aromatic N) is 2. The van der Waals surface area contributed by atoms with Crippen molar-refractivity contribution in [1.29, 1.82) is 0 Å². The lowest BCUT2D eigenvalue weighted by atomic mass is 10.2. The number of pyridine rings is 1. The first-order valence-corrected chi connectivity index (χ1v) is 10.1. The van der Waals surface area contributed by atoms with Crippen molar-refractivity contribution in [2.75, 3.05) is 6.26 Å². The molecule has 1 aromatic carbocycles. The number of benzene rings is 1. The van der Waals surface area contributed by atoms with Gasteiger partial charge in [0.2, 0.25) is 0 Å². The van der Waals surface area contributed by atoms with E-state index in [0.29, 0.717) is 5.65 Å². The van der Waals surface area contributed by atoms with Crippen molar-refractivity contribution in [3.8, 4) is 0 Å². The molecule has 9 heteroatoms. The molecular formula is C18H15ClN2O5S. The van der Waals surface area contributed by atoms with Gasteiger partial charge in [0, 0.05) is 18.0 Å². The Kier molecular flexibility index (Phi) is 5.03. The number of esters is 1. The Balaban J connectivity index is 1.86. The summed E-state index contributed by atoms with van der Waals surface area (Å²) in [6, 6.07) is 10.3. The number of ether oxygens (including phenoxy) is 1. The van der Waals surface area contributed by atoms with Crippen LogP contribution in [0, 0.1) is 6.92 Å². The highest BCUT2D eigenvalue weighted by atomic mass is 35.5. The van der Waals surface area contributed by atoms with Gasteiger partial charge < -0.3 is 4.74 Å². The molecule has 2 aromatic heterocycles. The van der Waals surface area contributed by atoms with Crippen LogP contribution in [0.15, 0.2) is 52.2 Å². The van der Waals surface area contributed by atoms with Crippen molar-refractivity contribution < 1.29 is 17.9 Å². The normalized spacial score (nSPS) is 11.5. The van der Waals surface area contributed by atoms with Gasteiger partial charge in [0.1, 0.15) is 12.3 Å². The van der Waals surface area contributed by atoms with Crippen LogP contribution in [-0.4, -0.2) is 30.0 Å². The average Bonchev–Trinajstić information content (AvgIpc) is 2.59. The number of hydrogen-bond donors (Lipinski definition) is 0. The Morgan fingerprint density at radius 3 is 2.67 bits per heavy atom. The van der Waals surface area contributed by atoms with Gasteiger partial charge in [0.25, 0.3) is 5.56 Å². The molecule has 0 bridgehead atoms. The standard InChI is InChI=1S/C18H15ClN2O5S/c1-11-4-3-5-16-20-12(8-17(22)21(11)16)10-26-18(23)14-9-13(27(2,24)25)6-7-15(14)19/h3-9H,10H2,1-2H3. The van der Waals surface area contributed by atoms with Crippen molar-refractivity contribution in [3.05, 3.63) is 74.8 Å². The lowest BCUT2D eigenvalue weighted by Crippen LogP contribution is -2.18. The van der Waals surface area contributed by atoms with Crippen molar-refractivity contribution in [1.82, 2.24) is 9.38 Å². The molecule has 0 radical (unpaired) electrons. The molecule has 0 aliphatic heterocycles. The van der Waals surface area contributed by atoms with E-state index in [1.165, 1.54) is 22.6 Å². The van der Waals surface area contributed by atoms with E-state index < -0.39 is 15.8 Å². The first-order valence-electron chi connectivity index (χ1n) is 7.82. The maximum atomic E-state index is 12.3. The number of halogens is 1. The molecule has 0 saturated carbocycles. The second-order valence-corrected chi connectivity index (χ2v) is 8.36. The average molecular weight is 407 g/mol. The quantitative estimate of drug-likeness (QED) is 0.617. The largest absolute Gasteiger partial charge is 0.456 e.